The average Bonchev–Trinajstić information content (AvgIpc) is 2.56. The van der Waals surface area contributed by atoms with Gasteiger partial charge in [-0.3, -0.25) is 0 Å². The first-order valence-corrected chi connectivity index (χ1v) is 7.52. The van der Waals surface area contributed by atoms with E-state index in [-0.39, 0.29) is 12.4 Å². The van der Waals surface area contributed by atoms with Gasteiger partial charge in [0, 0.05) is 19.6 Å². The number of nitrogens with zero attached hydrogens (tertiary/aromatic N) is 1. The molecule has 4 nitrogen and oxygen atoms in total. The Kier molecular flexibility index (Phi) is 5.61. The van der Waals surface area contributed by atoms with Crippen LogP contribution in [-0.4, -0.2) is 27.3 Å². The van der Waals surface area contributed by atoms with Crippen molar-refractivity contribution in [2.75, 3.05) is 37.5 Å². The Labute approximate surface area is 143 Å². The number of methoxy groups -OCH3 is 2. The summed E-state index contributed by atoms with van der Waals surface area (Å²) in [6.45, 7) is 4.93. The summed E-state index contributed by atoms with van der Waals surface area (Å²) >= 11 is 0. The highest BCUT2D eigenvalue weighted by molar-refractivity contribution is 5.85. The number of ether oxygens (including phenoxy) is 2. The van der Waals surface area contributed by atoms with Crippen LogP contribution in [0, 0.1) is 6.92 Å². The Morgan fingerprint density at radius 1 is 1.09 bits per heavy atom. The zero-order valence-electron chi connectivity index (χ0n) is 13.8. The van der Waals surface area contributed by atoms with Crippen LogP contribution in [0.4, 0.5) is 11.4 Å². The standard InChI is InChI=1S/C18H22N2O2.ClH/c1-13-10-17(21-2)18(22-3)11-14(13)12-20-9-8-19-15-6-4-5-7-16(15)20;/h4-7,10-11,19H,8-9,12H2,1-3H3;1H. The molecular weight excluding hydrogens is 312 g/mol. The lowest BCUT2D eigenvalue weighted by Gasteiger charge is -2.32. The van der Waals surface area contributed by atoms with Gasteiger partial charge in [-0.05, 0) is 42.3 Å². The molecule has 1 heterocycles. The van der Waals surface area contributed by atoms with Gasteiger partial charge in [-0.25, -0.2) is 0 Å². The van der Waals surface area contributed by atoms with Crippen molar-refractivity contribution < 1.29 is 9.47 Å². The van der Waals surface area contributed by atoms with E-state index in [0.717, 1.165) is 31.1 Å². The molecule has 0 aromatic heterocycles. The van der Waals surface area contributed by atoms with Crippen molar-refractivity contribution in [1.82, 2.24) is 0 Å². The van der Waals surface area contributed by atoms with Crippen LogP contribution in [0.1, 0.15) is 11.1 Å². The van der Waals surface area contributed by atoms with Gasteiger partial charge in [-0.2, -0.15) is 0 Å². The number of rotatable bonds is 4. The zero-order valence-corrected chi connectivity index (χ0v) is 14.6. The molecule has 2 aromatic rings. The number of hydrogen-bond donors (Lipinski definition) is 1. The lowest BCUT2D eigenvalue weighted by atomic mass is 10.1. The van der Waals surface area contributed by atoms with Crippen LogP contribution < -0.4 is 19.7 Å². The van der Waals surface area contributed by atoms with Gasteiger partial charge in [0.25, 0.3) is 0 Å². The first-order valence-electron chi connectivity index (χ1n) is 7.52. The van der Waals surface area contributed by atoms with Gasteiger partial charge in [-0.15, -0.1) is 12.4 Å². The molecule has 3 rings (SSSR count). The third-order valence-electron chi connectivity index (χ3n) is 4.15. The van der Waals surface area contributed by atoms with Crippen LogP contribution >= 0.6 is 12.4 Å². The number of para-hydroxylation sites is 2. The van der Waals surface area contributed by atoms with Crippen LogP contribution in [0.5, 0.6) is 11.5 Å². The third kappa shape index (κ3) is 3.48. The van der Waals surface area contributed by atoms with E-state index in [2.05, 4.69) is 47.5 Å². The molecule has 0 saturated heterocycles. The van der Waals surface area contributed by atoms with Crippen LogP contribution in [0.3, 0.4) is 0 Å². The van der Waals surface area contributed by atoms with E-state index in [9.17, 15) is 0 Å². The fraction of sp³-hybridized carbons (Fsp3) is 0.333. The van der Waals surface area contributed by atoms with Crippen LogP contribution in [0.2, 0.25) is 0 Å². The normalized spacial score (nSPS) is 12.7. The summed E-state index contributed by atoms with van der Waals surface area (Å²) in [6.07, 6.45) is 0. The summed E-state index contributed by atoms with van der Waals surface area (Å²) in [6, 6.07) is 12.6. The van der Waals surface area contributed by atoms with Crippen LogP contribution in [-0.2, 0) is 6.54 Å². The molecular formula is C18H23ClN2O2. The molecule has 0 bridgehead atoms. The molecule has 0 radical (unpaired) electrons. The minimum atomic E-state index is 0. The van der Waals surface area contributed by atoms with Crippen molar-refractivity contribution in [1.29, 1.82) is 0 Å². The first-order chi connectivity index (χ1) is 10.7. The highest BCUT2D eigenvalue weighted by Crippen LogP contribution is 2.34. The predicted octanol–water partition coefficient (Wildman–Crippen LogP) is 3.87. The lowest BCUT2D eigenvalue weighted by Crippen LogP contribution is -2.33. The molecule has 0 aliphatic carbocycles. The molecule has 23 heavy (non-hydrogen) atoms. The van der Waals surface area contributed by atoms with Gasteiger partial charge in [0.15, 0.2) is 11.5 Å². The Balaban J connectivity index is 0.00000192. The average molecular weight is 335 g/mol. The fourth-order valence-corrected chi connectivity index (χ4v) is 2.91. The van der Waals surface area contributed by atoms with E-state index < -0.39 is 0 Å². The Morgan fingerprint density at radius 2 is 1.78 bits per heavy atom. The number of fused-ring (bicyclic) bond motifs is 1. The van der Waals surface area contributed by atoms with E-state index in [0.29, 0.717) is 0 Å². The van der Waals surface area contributed by atoms with Crippen molar-refractivity contribution >= 4 is 23.8 Å². The summed E-state index contributed by atoms with van der Waals surface area (Å²) < 4.78 is 10.8. The zero-order chi connectivity index (χ0) is 15.5. The number of hydrogen-bond acceptors (Lipinski definition) is 4. The maximum atomic E-state index is 5.43. The summed E-state index contributed by atoms with van der Waals surface area (Å²) in [5.41, 5.74) is 4.93. The monoisotopic (exact) mass is 334 g/mol. The Hall–Kier alpha value is -2.07. The summed E-state index contributed by atoms with van der Waals surface area (Å²) in [5, 5.41) is 3.45. The van der Waals surface area contributed by atoms with Crippen molar-refractivity contribution in [3.8, 4) is 11.5 Å². The smallest absolute Gasteiger partial charge is 0.161 e. The van der Waals surface area contributed by atoms with E-state index in [1.807, 2.05) is 6.07 Å². The number of nitrogens with one attached hydrogen (secondary N) is 1. The highest BCUT2D eigenvalue weighted by Gasteiger charge is 2.18. The molecule has 1 aliphatic rings. The minimum Gasteiger partial charge on any atom is -0.493 e. The van der Waals surface area contributed by atoms with E-state index >= 15 is 0 Å². The molecule has 0 unspecified atom stereocenters. The van der Waals surface area contributed by atoms with Crippen molar-refractivity contribution in [2.24, 2.45) is 0 Å². The van der Waals surface area contributed by atoms with Crippen molar-refractivity contribution in [2.45, 2.75) is 13.5 Å². The second kappa shape index (κ2) is 7.47. The molecule has 0 atom stereocenters. The lowest BCUT2D eigenvalue weighted by molar-refractivity contribution is 0.354. The SMILES string of the molecule is COc1cc(C)c(CN2CCNc3ccccc32)cc1OC.Cl. The molecule has 0 saturated carbocycles. The van der Waals surface area contributed by atoms with E-state index in [1.165, 1.54) is 22.5 Å². The van der Waals surface area contributed by atoms with Crippen molar-refractivity contribution in [3.05, 3.63) is 47.5 Å². The van der Waals surface area contributed by atoms with E-state index in [1.54, 1.807) is 14.2 Å². The topological polar surface area (TPSA) is 33.7 Å². The van der Waals surface area contributed by atoms with Gasteiger partial charge in [0.2, 0.25) is 0 Å². The molecule has 1 N–H and O–H groups in total. The summed E-state index contributed by atoms with van der Waals surface area (Å²) in [4.78, 5) is 2.40. The molecule has 0 spiro atoms. The second-order valence-corrected chi connectivity index (χ2v) is 5.50. The molecule has 1 aliphatic heterocycles. The third-order valence-corrected chi connectivity index (χ3v) is 4.15. The van der Waals surface area contributed by atoms with Gasteiger partial charge < -0.3 is 19.7 Å². The molecule has 0 amide bonds. The predicted molar refractivity (Wildman–Crippen MR) is 97.5 cm³/mol. The van der Waals surface area contributed by atoms with Crippen LogP contribution in [0.15, 0.2) is 36.4 Å². The Morgan fingerprint density at radius 3 is 2.52 bits per heavy atom. The largest absolute Gasteiger partial charge is 0.493 e. The number of benzene rings is 2. The van der Waals surface area contributed by atoms with Crippen molar-refractivity contribution in [3.63, 3.8) is 0 Å². The summed E-state index contributed by atoms with van der Waals surface area (Å²) in [5.74, 6) is 1.57. The number of anilines is 2. The second-order valence-electron chi connectivity index (χ2n) is 5.50. The van der Waals surface area contributed by atoms with Gasteiger partial charge in [-0.1, -0.05) is 12.1 Å². The van der Waals surface area contributed by atoms with Gasteiger partial charge in [0.05, 0.1) is 25.6 Å². The molecule has 2 aromatic carbocycles. The fourth-order valence-electron chi connectivity index (χ4n) is 2.91. The maximum absolute atomic E-state index is 5.43. The highest BCUT2D eigenvalue weighted by atomic mass is 35.5. The number of aryl methyl sites for hydroxylation is 1. The van der Waals surface area contributed by atoms with Gasteiger partial charge >= 0.3 is 0 Å². The van der Waals surface area contributed by atoms with Gasteiger partial charge in [0.1, 0.15) is 0 Å². The summed E-state index contributed by atoms with van der Waals surface area (Å²) in [7, 11) is 3.35. The molecule has 5 heteroatoms. The number of halogens is 1. The quantitative estimate of drug-likeness (QED) is 0.920. The molecule has 124 valence electrons. The first kappa shape index (κ1) is 17.3. The van der Waals surface area contributed by atoms with Crippen LogP contribution in [0.25, 0.3) is 0 Å². The Bertz CT molecular complexity index is 676. The van der Waals surface area contributed by atoms with E-state index in [4.69, 9.17) is 9.47 Å². The minimum absolute atomic E-state index is 0. The maximum Gasteiger partial charge on any atom is 0.161 e. The molecule has 0 fully saturated rings.